The van der Waals surface area contributed by atoms with Crippen LogP contribution in [0.15, 0.2) is 27.1 Å². The van der Waals surface area contributed by atoms with E-state index in [2.05, 4.69) is 37.2 Å². The number of benzene rings is 1. The molecule has 0 saturated carbocycles. The van der Waals surface area contributed by atoms with Gasteiger partial charge in [0.25, 0.3) is 12.3 Å². The Morgan fingerprint density at radius 1 is 1.42 bits per heavy atom. The lowest BCUT2D eigenvalue weighted by molar-refractivity contribution is -0.124. The minimum atomic E-state index is -2.89. The van der Waals surface area contributed by atoms with Crippen LogP contribution >= 0.6 is 31.9 Å². The van der Waals surface area contributed by atoms with Gasteiger partial charge in [-0.1, -0.05) is 15.9 Å². The number of hydrogen-bond acceptors (Lipinski definition) is 3. The van der Waals surface area contributed by atoms with Gasteiger partial charge in [0.05, 0.1) is 4.47 Å². The molecule has 1 atom stereocenters. The number of halogens is 4. The van der Waals surface area contributed by atoms with E-state index >= 15 is 0 Å². The van der Waals surface area contributed by atoms with Gasteiger partial charge in [-0.3, -0.25) is 4.79 Å². The van der Waals surface area contributed by atoms with Crippen molar-refractivity contribution in [2.24, 2.45) is 0 Å². The first-order valence-electron chi connectivity index (χ1n) is 5.21. The molecule has 0 aliphatic heterocycles. The van der Waals surface area contributed by atoms with Crippen LogP contribution in [0.2, 0.25) is 0 Å². The SMILES string of the molecule is O=C(COc1ccc(Br)cc1Br)NCC(O)C(F)F. The number of carbonyl (C=O) groups excluding carboxylic acids is 1. The average molecular weight is 403 g/mol. The molecule has 0 aliphatic carbocycles. The predicted octanol–water partition coefficient (Wildman–Crippen LogP) is 2.33. The first-order chi connectivity index (χ1) is 8.90. The van der Waals surface area contributed by atoms with Crippen LogP contribution in [0, 0.1) is 0 Å². The summed E-state index contributed by atoms with van der Waals surface area (Å²) in [6.07, 6.45) is -4.76. The summed E-state index contributed by atoms with van der Waals surface area (Å²) in [6, 6.07) is 5.13. The molecule has 0 fully saturated rings. The zero-order valence-electron chi connectivity index (χ0n) is 9.58. The number of carbonyl (C=O) groups is 1. The average Bonchev–Trinajstić information content (AvgIpc) is 2.34. The maximum Gasteiger partial charge on any atom is 0.265 e. The van der Waals surface area contributed by atoms with E-state index in [1.165, 1.54) is 0 Å². The van der Waals surface area contributed by atoms with Crippen molar-refractivity contribution in [3.8, 4) is 5.75 Å². The smallest absolute Gasteiger partial charge is 0.265 e. The Kier molecular flexibility index (Phi) is 6.67. The molecule has 1 aromatic rings. The molecule has 4 nitrogen and oxygen atoms in total. The molecule has 106 valence electrons. The standard InChI is InChI=1S/C11H11Br2F2NO3/c12-6-1-2-9(7(13)3-6)19-5-10(18)16-4-8(17)11(14)15/h1-3,8,11,17H,4-5H2,(H,16,18). The molecule has 8 heteroatoms. The zero-order chi connectivity index (χ0) is 14.4. The molecular weight excluding hydrogens is 392 g/mol. The Morgan fingerprint density at radius 2 is 2.11 bits per heavy atom. The third-order valence-corrected chi connectivity index (χ3v) is 3.16. The molecule has 0 radical (unpaired) electrons. The van der Waals surface area contributed by atoms with E-state index in [1.54, 1.807) is 18.2 Å². The fraction of sp³-hybridized carbons (Fsp3) is 0.364. The predicted molar refractivity (Wildman–Crippen MR) is 72.4 cm³/mol. The highest BCUT2D eigenvalue weighted by atomic mass is 79.9. The second-order valence-electron chi connectivity index (χ2n) is 3.57. The highest BCUT2D eigenvalue weighted by molar-refractivity contribution is 9.11. The molecule has 19 heavy (non-hydrogen) atoms. The third kappa shape index (κ3) is 5.84. The number of alkyl halides is 2. The summed E-state index contributed by atoms with van der Waals surface area (Å²) in [5.74, 6) is -0.137. The number of aliphatic hydroxyl groups excluding tert-OH is 1. The maximum atomic E-state index is 12.0. The van der Waals surface area contributed by atoms with Gasteiger partial charge in [0, 0.05) is 11.0 Å². The van der Waals surface area contributed by atoms with Gasteiger partial charge in [0.15, 0.2) is 6.61 Å². The van der Waals surface area contributed by atoms with Crippen molar-refractivity contribution in [3.05, 3.63) is 27.1 Å². The van der Waals surface area contributed by atoms with Gasteiger partial charge in [-0.05, 0) is 34.1 Å². The van der Waals surface area contributed by atoms with Crippen LogP contribution in [0.25, 0.3) is 0 Å². The Balaban J connectivity index is 2.38. The lowest BCUT2D eigenvalue weighted by atomic mass is 10.3. The number of ether oxygens (including phenoxy) is 1. The van der Waals surface area contributed by atoms with Gasteiger partial charge < -0.3 is 15.2 Å². The fourth-order valence-electron chi connectivity index (χ4n) is 1.09. The molecule has 1 unspecified atom stereocenters. The van der Waals surface area contributed by atoms with Crippen LogP contribution in [0.1, 0.15) is 0 Å². The third-order valence-electron chi connectivity index (χ3n) is 2.05. The topological polar surface area (TPSA) is 58.6 Å². The van der Waals surface area contributed by atoms with Gasteiger partial charge in [-0.15, -0.1) is 0 Å². The van der Waals surface area contributed by atoms with Gasteiger partial charge in [0.2, 0.25) is 0 Å². The first-order valence-corrected chi connectivity index (χ1v) is 6.79. The number of amides is 1. The van der Waals surface area contributed by atoms with Crippen LogP contribution in [-0.4, -0.2) is 36.7 Å². The van der Waals surface area contributed by atoms with Crippen LogP contribution < -0.4 is 10.1 Å². The van der Waals surface area contributed by atoms with Crippen molar-refractivity contribution in [3.63, 3.8) is 0 Å². The van der Waals surface area contributed by atoms with Crippen molar-refractivity contribution < 1.29 is 23.4 Å². The molecule has 0 heterocycles. The largest absolute Gasteiger partial charge is 0.483 e. The van der Waals surface area contributed by atoms with E-state index in [0.717, 1.165) is 4.47 Å². The second kappa shape index (κ2) is 7.76. The van der Waals surface area contributed by atoms with E-state index in [1.807, 2.05) is 0 Å². The maximum absolute atomic E-state index is 12.0. The van der Waals surface area contributed by atoms with Crippen LogP contribution in [0.5, 0.6) is 5.75 Å². The highest BCUT2D eigenvalue weighted by Crippen LogP contribution is 2.27. The molecular formula is C11H11Br2F2NO3. The van der Waals surface area contributed by atoms with Gasteiger partial charge in [0.1, 0.15) is 11.9 Å². The molecule has 2 N–H and O–H groups in total. The second-order valence-corrected chi connectivity index (χ2v) is 5.34. The van der Waals surface area contributed by atoms with Gasteiger partial charge >= 0.3 is 0 Å². The Morgan fingerprint density at radius 3 is 2.68 bits per heavy atom. The summed E-state index contributed by atoms with van der Waals surface area (Å²) in [7, 11) is 0. The van der Waals surface area contributed by atoms with Crippen LogP contribution in [0.3, 0.4) is 0 Å². The van der Waals surface area contributed by atoms with Gasteiger partial charge in [-0.25, -0.2) is 8.78 Å². The van der Waals surface area contributed by atoms with E-state index in [-0.39, 0.29) is 6.61 Å². The molecule has 1 aromatic carbocycles. The summed E-state index contributed by atoms with van der Waals surface area (Å²) in [6.45, 7) is -0.836. The summed E-state index contributed by atoms with van der Waals surface area (Å²) >= 11 is 6.52. The molecule has 0 aliphatic rings. The summed E-state index contributed by atoms with van der Waals surface area (Å²) in [5.41, 5.74) is 0. The minimum absolute atomic E-state index is 0.323. The van der Waals surface area contributed by atoms with Crippen LogP contribution in [-0.2, 0) is 4.79 Å². The summed E-state index contributed by atoms with van der Waals surface area (Å²) in [5, 5.41) is 11.0. The van der Waals surface area contributed by atoms with E-state index in [9.17, 15) is 13.6 Å². The van der Waals surface area contributed by atoms with Gasteiger partial charge in [-0.2, -0.15) is 0 Å². The van der Waals surface area contributed by atoms with Crippen molar-refractivity contribution in [2.45, 2.75) is 12.5 Å². The summed E-state index contributed by atoms with van der Waals surface area (Å²) in [4.78, 5) is 11.3. The molecule has 0 spiro atoms. The monoisotopic (exact) mass is 401 g/mol. The quantitative estimate of drug-likeness (QED) is 0.767. The molecule has 1 rings (SSSR count). The van der Waals surface area contributed by atoms with E-state index < -0.39 is 25.0 Å². The minimum Gasteiger partial charge on any atom is -0.483 e. The lowest BCUT2D eigenvalue weighted by Crippen LogP contribution is -2.38. The highest BCUT2D eigenvalue weighted by Gasteiger charge is 2.17. The Labute approximate surface area is 125 Å². The summed E-state index contributed by atoms with van der Waals surface area (Å²) < 4.78 is 30.7. The fourth-order valence-corrected chi connectivity index (χ4v) is 2.26. The molecule has 0 saturated heterocycles. The van der Waals surface area contributed by atoms with Crippen molar-refractivity contribution in [1.29, 1.82) is 0 Å². The van der Waals surface area contributed by atoms with Crippen molar-refractivity contribution in [2.75, 3.05) is 13.2 Å². The molecule has 0 aromatic heterocycles. The first kappa shape index (κ1) is 16.3. The van der Waals surface area contributed by atoms with E-state index in [0.29, 0.717) is 10.2 Å². The lowest BCUT2D eigenvalue weighted by Gasteiger charge is -2.12. The zero-order valence-corrected chi connectivity index (χ0v) is 12.7. The number of nitrogens with one attached hydrogen (secondary N) is 1. The molecule has 0 bridgehead atoms. The van der Waals surface area contributed by atoms with E-state index in [4.69, 9.17) is 9.84 Å². The number of rotatable bonds is 6. The molecule has 1 amide bonds. The Bertz CT molecular complexity index is 446. The number of aliphatic hydroxyl groups is 1. The van der Waals surface area contributed by atoms with Crippen molar-refractivity contribution in [1.82, 2.24) is 5.32 Å². The Hall–Kier alpha value is -0.730. The normalized spacial score (nSPS) is 12.3. The van der Waals surface area contributed by atoms with Crippen molar-refractivity contribution >= 4 is 37.8 Å². The number of hydrogen-bond donors (Lipinski definition) is 2. The van der Waals surface area contributed by atoms with Crippen LogP contribution in [0.4, 0.5) is 8.78 Å².